The first-order chi connectivity index (χ1) is 16.6. The number of amides is 1. The van der Waals surface area contributed by atoms with Gasteiger partial charge in [0.05, 0.1) is 38.7 Å². The fourth-order valence-electron chi connectivity index (χ4n) is 3.94. The maximum Gasteiger partial charge on any atom is 0.342 e. The molecule has 1 aliphatic heterocycles. The molecule has 1 amide bonds. The molecule has 1 saturated heterocycles. The Morgan fingerprint density at radius 3 is 2.32 bits per heavy atom. The summed E-state index contributed by atoms with van der Waals surface area (Å²) in [6.45, 7) is 1.12. The van der Waals surface area contributed by atoms with Crippen LogP contribution in [-0.4, -0.2) is 48.0 Å². The number of nitrogens with zero attached hydrogens (tertiary/aromatic N) is 1. The average Bonchev–Trinajstić information content (AvgIpc) is 3.48. The van der Waals surface area contributed by atoms with E-state index >= 15 is 0 Å². The number of methoxy groups -OCH3 is 1. The van der Waals surface area contributed by atoms with Crippen molar-refractivity contribution in [3.63, 3.8) is 0 Å². The molecule has 9 nitrogen and oxygen atoms in total. The predicted molar refractivity (Wildman–Crippen MR) is 122 cm³/mol. The highest BCUT2D eigenvalue weighted by atomic mass is 16.6. The molecule has 0 bridgehead atoms. The summed E-state index contributed by atoms with van der Waals surface area (Å²) in [5, 5.41) is 6.66. The molecule has 0 unspecified atom stereocenters. The molecule has 0 radical (unpaired) electrons. The molecule has 2 heterocycles. The van der Waals surface area contributed by atoms with Gasteiger partial charge < -0.3 is 24.7 Å². The summed E-state index contributed by atoms with van der Waals surface area (Å²) in [5.74, 6) is -1.55. The topological polar surface area (TPSA) is 126 Å². The first-order valence-corrected chi connectivity index (χ1v) is 11.0. The normalized spacial score (nSPS) is 19.7. The SMILES string of the molecule is COC(=O)c1c(C(N)=O)n[nH]c1[C@H]1C[C@H](OCc2ccccc2)[C@@H](COCc2ccccc2)O1. The number of H-pyrrole nitrogens is 1. The summed E-state index contributed by atoms with van der Waals surface area (Å²) in [6.07, 6.45) is -0.868. The van der Waals surface area contributed by atoms with Crippen molar-refractivity contribution in [2.24, 2.45) is 5.73 Å². The Bertz CT molecular complexity index is 1100. The van der Waals surface area contributed by atoms with Crippen molar-refractivity contribution >= 4 is 11.9 Å². The number of esters is 1. The van der Waals surface area contributed by atoms with Crippen molar-refractivity contribution in [2.45, 2.75) is 37.9 Å². The van der Waals surface area contributed by atoms with E-state index in [1.54, 1.807) is 0 Å². The highest BCUT2D eigenvalue weighted by molar-refractivity contribution is 6.04. The fourth-order valence-corrected chi connectivity index (χ4v) is 3.94. The van der Waals surface area contributed by atoms with E-state index in [9.17, 15) is 9.59 Å². The summed E-state index contributed by atoms with van der Waals surface area (Å²) in [4.78, 5) is 24.2. The second-order valence-electron chi connectivity index (χ2n) is 7.95. The van der Waals surface area contributed by atoms with Crippen molar-refractivity contribution in [3.05, 3.63) is 88.7 Å². The number of carbonyl (C=O) groups excluding carboxylic acids is 2. The summed E-state index contributed by atoms with van der Waals surface area (Å²) in [7, 11) is 1.23. The van der Waals surface area contributed by atoms with Crippen LogP contribution in [0.1, 0.15) is 50.2 Å². The Labute approximate surface area is 197 Å². The van der Waals surface area contributed by atoms with Crippen molar-refractivity contribution in [2.75, 3.05) is 13.7 Å². The van der Waals surface area contributed by atoms with Crippen LogP contribution in [-0.2, 0) is 32.2 Å². The lowest BCUT2D eigenvalue weighted by atomic mass is 10.0. The second-order valence-corrected chi connectivity index (χ2v) is 7.95. The van der Waals surface area contributed by atoms with Gasteiger partial charge in [0, 0.05) is 6.42 Å². The van der Waals surface area contributed by atoms with Crippen LogP contribution < -0.4 is 5.73 Å². The molecule has 34 heavy (non-hydrogen) atoms. The minimum absolute atomic E-state index is 0.0207. The zero-order valence-electron chi connectivity index (χ0n) is 18.8. The minimum atomic E-state index is -0.833. The largest absolute Gasteiger partial charge is 0.465 e. The monoisotopic (exact) mass is 465 g/mol. The van der Waals surface area contributed by atoms with Gasteiger partial charge in [0.15, 0.2) is 5.69 Å². The van der Waals surface area contributed by atoms with Gasteiger partial charge in [0.25, 0.3) is 5.91 Å². The highest BCUT2D eigenvalue weighted by Gasteiger charge is 2.41. The minimum Gasteiger partial charge on any atom is -0.465 e. The zero-order chi connectivity index (χ0) is 23.9. The van der Waals surface area contributed by atoms with Crippen LogP contribution in [0.25, 0.3) is 0 Å². The molecule has 0 saturated carbocycles. The number of primary amides is 1. The standard InChI is InChI=1S/C25H27N3O6/c1-31-25(30)21-22(27-28-23(21)24(26)29)19-12-18(33-14-17-10-6-3-7-11-17)20(34-19)15-32-13-16-8-4-2-5-9-16/h2-11,18-20H,12-15H2,1H3,(H2,26,29)(H,27,28)/t18-,19+,20+/m0/s1. The molecule has 4 rings (SSSR count). The molecule has 2 aromatic carbocycles. The summed E-state index contributed by atoms with van der Waals surface area (Å²) in [5.41, 5.74) is 7.60. The van der Waals surface area contributed by atoms with Gasteiger partial charge in [-0.1, -0.05) is 60.7 Å². The van der Waals surface area contributed by atoms with Crippen molar-refractivity contribution in [3.8, 4) is 0 Å². The number of benzene rings is 2. The molecule has 3 N–H and O–H groups in total. The van der Waals surface area contributed by atoms with Gasteiger partial charge in [-0.3, -0.25) is 9.89 Å². The molecule has 1 fully saturated rings. The van der Waals surface area contributed by atoms with E-state index in [-0.39, 0.29) is 24.0 Å². The smallest absolute Gasteiger partial charge is 0.342 e. The first kappa shape index (κ1) is 23.6. The van der Waals surface area contributed by atoms with Crippen LogP contribution >= 0.6 is 0 Å². The van der Waals surface area contributed by atoms with Gasteiger partial charge in [-0.25, -0.2) is 4.79 Å². The number of hydrogen-bond acceptors (Lipinski definition) is 7. The van der Waals surface area contributed by atoms with Gasteiger partial charge in [-0.05, 0) is 11.1 Å². The van der Waals surface area contributed by atoms with Gasteiger partial charge in [-0.2, -0.15) is 5.10 Å². The third-order valence-electron chi connectivity index (χ3n) is 5.64. The Hall–Kier alpha value is -3.53. The Balaban J connectivity index is 1.50. The maximum atomic E-state index is 12.4. The molecule has 0 spiro atoms. The van der Waals surface area contributed by atoms with Crippen LogP contribution in [0.5, 0.6) is 0 Å². The molecule has 1 aromatic heterocycles. The van der Waals surface area contributed by atoms with Crippen LogP contribution in [0, 0.1) is 0 Å². The van der Waals surface area contributed by atoms with Crippen LogP contribution in [0.4, 0.5) is 0 Å². The number of hydrogen-bond donors (Lipinski definition) is 2. The Morgan fingerprint density at radius 2 is 1.71 bits per heavy atom. The molecule has 3 atom stereocenters. The maximum absolute atomic E-state index is 12.4. The number of aromatic nitrogens is 2. The van der Waals surface area contributed by atoms with Gasteiger partial charge >= 0.3 is 5.97 Å². The van der Waals surface area contributed by atoms with E-state index in [1.165, 1.54) is 7.11 Å². The zero-order valence-corrected chi connectivity index (χ0v) is 18.8. The van der Waals surface area contributed by atoms with E-state index in [1.807, 2.05) is 60.7 Å². The summed E-state index contributed by atoms with van der Waals surface area (Å²) < 4.78 is 23.2. The van der Waals surface area contributed by atoms with Gasteiger partial charge in [0.1, 0.15) is 17.8 Å². The Morgan fingerprint density at radius 1 is 1.06 bits per heavy atom. The first-order valence-electron chi connectivity index (χ1n) is 11.0. The van der Waals surface area contributed by atoms with E-state index in [0.717, 1.165) is 11.1 Å². The van der Waals surface area contributed by atoms with E-state index < -0.39 is 24.1 Å². The van der Waals surface area contributed by atoms with Gasteiger partial charge in [-0.15, -0.1) is 0 Å². The third-order valence-corrected chi connectivity index (χ3v) is 5.64. The predicted octanol–water partition coefficient (Wildman–Crippen LogP) is 2.93. The molecular weight excluding hydrogens is 438 g/mol. The van der Waals surface area contributed by atoms with Crippen LogP contribution in [0.2, 0.25) is 0 Å². The van der Waals surface area contributed by atoms with Crippen LogP contribution in [0.15, 0.2) is 60.7 Å². The van der Waals surface area contributed by atoms with E-state index in [2.05, 4.69) is 10.2 Å². The molecule has 9 heteroatoms. The quantitative estimate of drug-likeness (QED) is 0.441. The highest BCUT2D eigenvalue weighted by Crippen LogP contribution is 2.37. The average molecular weight is 466 g/mol. The fraction of sp³-hybridized carbons (Fsp3) is 0.320. The number of nitrogens with two attached hydrogens (primary N) is 1. The van der Waals surface area contributed by atoms with Gasteiger partial charge in [0.2, 0.25) is 0 Å². The lowest BCUT2D eigenvalue weighted by Crippen LogP contribution is -2.29. The van der Waals surface area contributed by atoms with E-state index in [0.29, 0.717) is 25.3 Å². The molecular formula is C25H27N3O6. The summed E-state index contributed by atoms with van der Waals surface area (Å²) >= 11 is 0. The number of rotatable bonds is 10. The lowest BCUT2D eigenvalue weighted by molar-refractivity contribution is -0.0721. The number of ether oxygens (including phenoxy) is 4. The molecule has 178 valence electrons. The second kappa shape index (κ2) is 11.1. The van der Waals surface area contributed by atoms with Crippen molar-refractivity contribution in [1.82, 2.24) is 10.2 Å². The number of carbonyl (C=O) groups is 2. The van der Waals surface area contributed by atoms with Crippen molar-refractivity contribution in [1.29, 1.82) is 0 Å². The molecule has 0 aliphatic carbocycles. The lowest BCUT2D eigenvalue weighted by Gasteiger charge is -2.19. The molecule has 1 aliphatic rings. The molecule has 3 aromatic rings. The van der Waals surface area contributed by atoms with Crippen molar-refractivity contribution < 1.29 is 28.5 Å². The summed E-state index contributed by atoms with van der Waals surface area (Å²) in [6, 6.07) is 19.6. The number of aromatic amines is 1. The van der Waals surface area contributed by atoms with Crippen LogP contribution in [0.3, 0.4) is 0 Å². The Kier molecular flexibility index (Phi) is 7.69. The number of nitrogens with one attached hydrogen (secondary N) is 1. The third kappa shape index (κ3) is 5.51. The van der Waals surface area contributed by atoms with E-state index in [4.69, 9.17) is 24.7 Å².